The number of para-hydroxylation sites is 1. The summed E-state index contributed by atoms with van der Waals surface area (Å²) in [6.07, 6.45) is 2.85. The van der Waals surface area contributed by atoms with Crippen molar-refractivity contribution < 1.29 is 18.7 Å². The van der Waals surface area contributed by atoms with E-state index in [1.54, 1.807) is 12.1 Å². The Morgan fingerprint density at radius 3 is 2.90 bits per heavy atom. The minimum atomic E-state index is -0.518. The molecule has 0 radical (unpaired) electrons. The fourth-order valence-corrected chi connectivity index (χ4v) is 4.20. The summed E-state index contributed by atoms with van der Waals surface area (Å²) in [4.78, 5) is 23.5. The zero-order chi connectivity index (χ0) is 22.0. The number of nitrogens with zero attached hydrogens (tertiary/aromatic N) is 1. The molecule has 1 saturated heterocycles. The number of piperidine rings is 1. The molecule has 0 unspecified atom stereocenters. The van der Waals surface area contributed by atoms with Crippen LogP contribution in [0.15, 0.2) is 48.7 Å². The molecule has 0 saturated carbocycles. The van der Waals surface area contributed by atoms with Crippen LogP contribution < -0.4 is 21.1 Å². The minimum Gasteiger partial charge on any atom is -0.497 e. The molecule has 1 fully saturated rings. The molecule has 162 valence electrons. The molecule has 2 amide bonds. The Hall–Kier alpha value is -3.39. The number of methoxy groups -OCH3 is 1. The average molecular weight is 424 g/mol. The maximum atomic E-state index is 14.6. The highest BCUT2D eigenvalue weighted by Crippen LogP contribution is 2.30. The minimum absolute atomic E-state index is 0.0949. The Kier molecular flexibility index (Phi) is 5.90. The van der Waals surface area contributed by atoms with Gasteiger partial charge in [0.15, 0.2) is 0 Å². The van der Waals surface area contributed by atoms with E-state index in [1.165, 1.54) is 13.2 Å². The van der Waals surface area contributed by atoms with Crippen LogP contribution in [0.2, 0.25) is 0 Å². The van der Waals surface area contributed by atoms with Crippen LogP contribution in [0.5, 0.6) is 5.75 Å². The predicted molar refractivity (Wildman–Crippen MR) is 115 cm³/mol. The number of carbonyl (C=O) groups is 2. The van der Waals surface area contributed by atoms with Crippen molar-refractivity contribution in [3.05, 3.63) is 65.6 Å². The molecule has 0 spiro atoms. The van der Waals surface area contributed by atoms with E-state index >= 15 is 0 Å². The van der Waals surface area contributed by atoms with Gasteiger partial charge in [-0.3, -0.25) is 9.59 Å². The van der Waals surface area contributed by atoms with Crippen molar-refractivity contribution in [3.63, 3.8) is 0 Å². The lowest BCUT2D eigenvalue weighted by Crippen LogP contribution is -2.48. The molecule has 2 atom stereocenters. The van der Waals surface area contributed by atoms with Gasteiger partial charge in [-0.15, -0.1) is 0 Å². The van der Waals surface area contributed by atoms with Gasteiger partial charge < -0.3 is 25.7 Å². The number of nitrogens with one attached hydrogen (secondary N) is 2. The third kappa shape index (κ3) is 4.39. The number of aromatic nitrogens is 1. The van der Waals surface area contributed by atoms with Gasteiger partial charge >= 0.3 is 0 Å². The number of ether oxygens (including phenoxy) is 1. The van der Waals surface area contributed by atoms with Crippen LogP contribution >= 0.6 is 0 Å². The van der Waals surface area contributed by atoms with Crippen LogP contribution in [-0.2, 0) is 22.7 Å². The summed E-state index contributed by atoms with van der Waals surface area (Å²) >= 11 is 0. The molecule has 8 heteroatoms. The Bertz CT molecular complexity index is 1130. The van der Waals surface area contributed by atoms with Crippen molar-refractivity contribution in [2.45, 2.75) is 38.0 Å². The van der Waals surface area contributed by atoms with Gasteiger partial charge in [0.05, 0.1) is 13.2 Å². The lowest BCUT2D eigenvalue weighted by molar-refractivity contribution is -0.124. The number of primary amides is 1. The first kappa shape index (κ1) is 20.9. The number of rotatable bonds is 7. The van der Waals surface area contributed by atoms with E-state index in [9.17, 15) is 14.0 Å². The molecular formula is C23H25FN4O3. The number of hydrogen-bond acceptors (Lipinski definition) is 4. The second kappa shape index (κ2) is 8.77. The third-order valence-corrected chi connectivity index (χ3v) is 5.69. The van der Waals surface area contributed by atoms with Crippen LogP contribution in [0.3, 0.4) is 0 Å². The van der Waals surface area contributed by atoms with Crippen molar-refractivity contribution >= 4 is 22.7 Å². The number of benzene rings is 2. The van der Waals surface area contributed by atoms with Gasteiger partial charge in [0, 0.05) is 41.7 Å². The highest BCUT2D eigenvalue weighted by atomic mass is 19.1. The first-order valence-electron chi connectivity index (χ1n) is 10.2. The van der Waals surface area contributed by atoms with Crippen LogP contribution in [0.1, 0.15) is 30.0 Å². The van der Waals surface area contributed by atoms with Gasteiger partial charge in [-0.05, 0) is 36.2 Å². The topological polar surface area (TPSA) is 98.4 Å². The largest absolute Gasteiger partial charge is 0.497 e. The van der Waals surface area contributed by atoms with E-state index in [4.69, 9.17) is 10.5 Å². The summed E-state index contributed by atoms with van der Waals surface area (Å²) < 4.78 is 21.7. The molecule has 2 aromatic carbocycles. The number of carbonyl (C=O) groups excluding carboxylic acids is 2. The molecule has 3 aromatic rings. The highest BCUT2D eigenvalue weighted by molar-refractivity contribution is 5.86. The van der Waals surface area contributed by atoms with Crippen molar-refractivity contribution in [2.24, 2.45) is 5.73 Å². The number of fused-ring (bicyclic) bond motifs is 1. The molecule has 0 bridgehead atoms. The smallest absolute Gasteiger partial charge is 0.237 e. The number of halogens is 1. The number of amides is 2. The third-order valence-electron chi connectivity index (χ3n) is 5.69. The molecule has 7 nitrogen and oxygen atoms in total. The highest BCUT2D eigenvalue weighted by Gasteiger charge is 2.32. The van der Waals surface area contributed by atoms with Crippen LogP contribution in [0.25, 0.3) is 10.9 Å². The zero-order valence-corrected chi connectivity index (χ0v) is 17.2. The summed E-state index contributed by atoms with van der Waals surface area (Å²) in [5.41, 5.74) is 7.70. The van der Waals surface area contributed by atoms with E-state index in [0.717, 1.165) is 16.5 Å². The predicted octanol–water partition coefficient (Wildman–Crippen LogP) is 2.38. The Labute approximate surface area is 179 Å². The molecule has 2 heterocycles. The van der Waals surface area contributed by atoms with Crippen molar-refractivity contribution in [1.29, 1.82) is 0 Å². The summed E-state index contributed by atoms with van der Waals surface area (Å²) in [5, 5.41) is 7.41. The van der Waals surface area contributed by atoms with Gasteiger partial charge in [-0.25, -0.2) is 4.39 Å². The first-order valence-corrected chi connectivity index (χ1v) is 10.2. The van der Waals surface area contributed by atoms with Gasteiger partial charge in [-0.2, -0.15) is 0 Å². The summed E-state index contributed by atoms with van der Waals surface area (Å²) in [6.45, 7) is 0.590. The van der Waals surface area contributed by atoms with E-state index in [-0.39, 0.29) is 18.5 Å². The van der Waals surface area contributed by atoms with Gasteiger partial charge in [-0.1, -0.05) is 18.2 Å². The van der Waals surface area contributed by atoms with Crippen molar-refractivity contribution in [2.75, 3.05) is 7.11 Å². The quantitative estimate of drug-likeness (QED) is 0.542. The molecule has 31 heavy (non-hydrogen) atoms. The zero-order valence-electron chi connectivity index (χ0n) is 17.2. The number of hydrogen-bond donors (Lipinski definition) is 3. The lowest BCUT2D eigenvalue weighted by atomic mass is 9.91. The maximum Gasteiger partial charge on any atom is 0.237 e. The fraction of sp³-hybridized carbons (Fsp3) is 0.304. The maximum absolute atomic E-state index is 14.6. The molecular weight excluding hydrogens is 399 g/mol. The Morgan fingerprint density at radius 1 is 1.32 bits per heavy atom. The van der Waals surface area contributed by atoms with Crippen molar-refractivity contribution in [1.82, 2.24) is 15.2 Å². The summed E-state index contributed by atoms with van der Waals surface area (Å²) in [5.74, 6) is -0.380. The van der Waals surface area contributed by atoms with Gasteiger partial charge in [0.2, 0.25) is 11.8 Å². The molecule has 1 aliphatic heterocycles. The fourth-order valence-electron chi connectivity index (χ4n) is 4.20. The van der Waals surface area contributed by atoms with Crippen molar-refractivity contribution in [3.8, 4) is 5.75 Å². The second-order valence-corrected chi connectivity index (χ2v) is 7.72. The standard InChI is InChI=1S/C23H25FN4O3/c1-31-15-6-7-18(24)17(10-15)23-19(8-9-22(30)27-23)26-11-14-12-28(13-21(25)29)20-5-3-2-4-16(14)20/h2-7,10,12,19,23,26H,8-9,11,13H2,1H3,(H2,25,29)(H,27,30)/t19-,23+/m1/s1. The van der Waals surface area contributed by atoms with Crippen LogP contribution in [-0.4, -0.2) is 29.5 Å². The van der Waals surface area contributed by atoms with E-state index < -0.39 is 17.8 Å². The van der Waals surface area contributed by atoms with E-state index in [0.29, 0.717) is 30.7 Å². The van der Waals surface area contributed by atoms with Gasteiger partial charge in [0.25, 0.3) is 0 Å². The van der Waals surface area contributed by atoms with Gasteiger partial charge in [0.1, 0.15) is 18.1 Å². The van der Waals surface area contributed by atoms with Crippen LogP contribution in [0, 0.1) is 5.82 Å². The molecule has 0 aliphatic carbocycles. The number of nitrogens with two attached hydrogens (primary N) is 1. The Morgan fingerprint density at radius 2 is 2.13 bits per heavy atom. The molecule has 1 aliphatic rings. The SMILES string of the molecule is COc1ccc(F)c([C@@H]2NC(=O)CC[C@H]2NCc2cn(CC(N)=O)c3ccccc23)c1. The Balaban J connectivity index is 1.60. The van der Waals surface area contributed by atoms with E-state index in [1.807, 2.05) is 35.0 Å². The molecule has 4 rings (SSSR count). The first-order chi connectivity index (χ1) is 15.0. The summed E-state index contributed by atoms with van der Waals surface area (Å²) in [6, 6.07) is 11.6. The monoisotopic (exact) mass is 424 g/mol. The summed E-state index contributed by atoms with van der Waals surface area (Å²) in [7, 11) is 1.52. The normalized spacial score (nSPS) is 18.7. The molecule has 4 N–H and O–H groups in total. The van der Waals surface area contributed by atoms with E-state index in [2.05, 4.69) is 10.6 Å². The molecule has 1 aromatic heterocycles. The average Bonchev–Trinajstić information content (AvgIpc) is 3.10. The van der Waals surface area contributed by atoms with Crippen LogP contribution in [0.4, 0.5) is 4.39 Å². The second-order valence-electron chi connectivity index (χ2n) is 7.72. The lowest BCUT2D eigenvalue weighted by Gasteiger charge is -2.33.